The molecule has 0 atom stereocenters. The molecule has 1 N–H and O–H groups in total. The maximum atomic E-state index is 5.71. The number of ether oxygens (including phenoxy) is 2. The number of rotatable bonds is 11. The third-order valence-corrected chi connectivity index (χ3v) is 2.83. The lowest BCUT2D eigenvalue weighted by Gasteiger charge is -2.10. The normalized spacial score (nSPS) is 10.6. The summed E-state index contributed by atoms with van der Waals surface area (Å²) in [6, 6.07) is 1.86. The first-order valence-electron chi connectivity index (χ1n) is 7.53. The second-order valence-electron chi connectivity index (χ2n) is 4.78. The Balaban J connectivity index is 2.55. The zero-order valence-electron chi connectivity index (χ0n) is 12.9. The quantitative estimate of drug-likeness (QED) is 0.630. The van der Waals surface area contributed by atoms with E-state index in [4.69, 9.17) is 9.47 Å². The van der Waals surface area contributed by atoms with E-state index >= 15 is 0 Å². The zero-order valence-corrected chi connectivity index (χ0v) is 12.9. The Morgan fingerprint density at radius 2 is 1.95 bits per heavy atom. The van der Waals surface area contributed by atoms with Crippen LogP contribution in [0.25, 0.3) is 0 Å². The predicted molar refractivity (Wildman–Crippen MR) is 81.2 cm³/mol. The van der Waals surface area contributed by atoms with Crippen LogP contribution in [0.4, 0.5) is 5.82 Å². The molecule has 0 fully saturated rings. The summed E-state index contributed by atoms with van der Waals surface area (Å²) in [5.41, 5.74) is 0. The van der Waals surface area contributed by atoms with Gasteiger partial charge in [0.25, 0.3) is 0 Å². The van der Waals surface area contributed by atoms with Crippen LogP contribution in [0.15, 0.2) is 6.07 Å². The summed E-state index contributed by atoms with van der Waals surface area (Å²) in [4.78, 5) is 8.74. The molecule has 0 unspecified atom stereocenters. The molecule has 0 amide bonds. The monoisotopic (exact) mass is 281 g/mol. The van der Waals surface area contributed by atoms with Crippen LogP contribution in [0, 0.1) is 0 Å². The van der Waals surface area contributed by atoms with Crippen molar-refractivity contribution in [2.45, 2.75) is 52.6 Å². The Kier molecular flexibility index (Phi) is 8.71. The molecule has 0 aromatic carbocycles. The maximum Gasteiger partial charge on any atom is 0.218 e. The molecule has 0 aliphatic carbocycles. The van der Waals surface area contributed by atoms with Gasteiger partial charge in [-0.25, -0.2) is 4.98 Å². The van der Waals surface area contributed by atoms with Crippen LogP contribution in [0.3, 0.4) is 0 Å². The molecule has 1 aromatic rings. The summed E-state index contributed by atoms with van der Waals surface area (Å²) in [6.07, 6.45) is 5.81. The standard InChI is InChI=1S/C15H27N3O2/c1-4-6-7-8-10-20-15-11-13(16-9-5-2)17-14(18-15)12-19-3/h11H,4-10,12H2,1-3H3,(H,16,17,18). The molecule has 0 saturated heterocycles. The van der Waals surface area contributed by atoms with Crippen LogP contribution >= 0.6 is 0 Å². The van der Waals surface area contributed by atoms with Crippen LogP contribution in [0.1, 0.15) is 51.8 Å². The molecule has 5 heteroatoms. The molecule has 1 aromatic heterocycles. The lowest BCUT2D eigenvalue weighted by Crippen LogP contribution is -2.08. The predicted octanol–water partition coefficient (Wildman–Crippen LogP) is 3.40. The summed E-state index contributed by atoms with van der Waals surface area (Å²) in [7, 11) is 1.64. The van der Waals surface area contributed by atoms with Crippen LogP contribution in [-0.4, -0.2) is 30.2 Å². The molecule has 114 valence electrons. The fraction of sp³-hybridized carbons (Fsp3) is 0.733. The highest BCUT2D eigenvalue weighted by molar-refractivity contribution is 5.38. The van der Waals surface area contributed by atoms with Gasteiger partial charge in [0.2, 0.25) is 5.88 Å². The highest BCUT2D eigenvalue weighted by Crippen LogP contribution is 2.15. The van der Waals surface area contributed by atoms with Crippen LogP contribution in [-0.2, 0) is 11.3 Å². The number of hydrogen-bond donors (Lipinski definition) is 1. The smallest absolute Gasteiger partial charge is 0.218 e. The van der Waals surface area contributed by atoms with Crippen molar-refractivity contribution in [3.05, 3.63) is 11.9 Å². The highest BCUT2D eigenvalue weighted by Gasteiger charge is 2.05. The molecule has 20 heavy (non-hydrogen) atoms. The lowest BCUT2D eigenvalue weighted by molar-refractivity contribution is 0.176. The average molecular weight is 281 g/mol. The fourth-order valence-electron chi connectivity index (χ4n) is 1.79. The summed E-state index contributed by atoms with van der Waals surface area (Å²) in [5, 5.41) is 3.26. The van der Waals surface area contributed by atoms with Crippen molar-refractivity contribution in [1.29, 1.82) is 0 Å². The fourth-order valence-corrected chi connectivity index (χ4v) is 1.79. The minimum atomic E-state index is 0.397. The molecule has 1 rings (SSSR count). The summed E-state index contributed by atoms with van der Waals surface area (Å²) < 4.78 is 10.8. The molecule has 0 saturated carbocycles. The van der Waals surface area contributed by atoms with Crippen molar-refractivity contribution < 1.29 is 9.47 Å². The van der Waals surface area contributed by atoms with Crippen molar-refractivity contribution in [2.75, 3.05) is 25.6 Å². The number of unbranched alkanes of at least 4 members (excludes halogenated alkanes) is 3. The largest absolute Gasteiger partial charge is 0.478 e. The van der Waals surface area contributed by atoms with Crippen molar-refractivity contribution in [2.24, 2.45) is 0 Å². The molecular formula is C15H27N3O2. The zero-order chi connectivity index (χ0) is 14.6. The third kappa shape index (κ3) is 6.70. The third-order valence-electron chi connectivity index (χ3n) is 2.83. The SMILES string of the molecule is CCCCCCOc1cc(NCCC)nc(COC)n1. The van der Waals surface area contributed by atoms with Crippen LogP contribution in [0.5, 0.6) is 5.88 Å². The molecule has 0 aliphatic heterocycles. The molecule has 5 nitrogen and oxygen atoms in total. The first kappa shape index (κ1) is 16.7. The van der Waals surface area contributed by atoms with Crippen molar-refractivity contribution >= 4 is 5.82 Å². The summed E-state index contributed by atoms with van der Waals surface area (Å²) in [5.74, 6) is 2.08. The van der Waals surface area contributed by atoms with Gasteiger partial charge in [0.05, 0.1) is 6.61 Å². The Bertz CT molecular complexity index is 372. The van der Waals surface area contributed by atoms with Gasteiger partial charge in [0.1, 0.15) is 12.4 Å². The van der Waals surface area contributed by atoms with Gasteiger partial charge >= 0.3 is 0 Å². The van der Waals surface area contributed by atoms with Crippen molar-refractivity contribution in [3.8, 4) is 5.88 Å². The molecule has 1 heterocycles. The van der Waals surface area contributed by atoms with E-state index in [0.717, 1.165) is 25.2 Å². The van der Waals surface area contributed by atoms with Crippen LogP contribution < -0.4 is 10.1 Å². The van der Waals surface area contributed by atoms with E-state index in [1.807, 2.05) is 6.07 Å². The summed E-state index contributed by atoms with van der Waals surface area (Å²) in [6.45, 7) is 6.31. The number of hydrogen-bond acceptors (Lipinski definition) is 5. The summed E-state index contributed by atoms with van der Waals surface area (Å²) >= 11 is 0. The Hall–Kier alpha value is -1.36. The number of methoxy groups -OCH3 is 1. The minimum Gasteiger partial charge on any atom is -0.478 e. The highest BCUT2D eigenvalue weighted by atomic mass is 16.5. The van der Waals surface area contributed by atoms with Gasteiger partial charge in [0.15, 0.2) is 5.82 Å². The van der Waals surface area contributed by atoms with Crippen molar-refractivity contribution in [1.82, 2.24) is 9.97 Å². The van der Waals surface area contributed by atoms with Gasteiger partial charge in [-0.3, -0.25) is 0 Å². The molecule has 0 aliphatic rings. The second-order valence-corrected chi connectivity index (χ2v) is 4.78. The Morgan fingerprint density at radius 1 is 1.10 bits per heavy atom. The van der Waals surface area contributed by atoms with E-state index in [-0.39, 0.29) is 0 Å². The van der Waals surface area contributed by atoms with Crippen LogP contribution in [0.2, 0.25) is 0 Å². The number of anilines is 1. The average Bonchev–Trinajstić information content (AvgIpc) is 2.45. The number of nitrogens with one attached hydrogen (secondary N) is 1. The molecular weight excluding hydrogens is 254 g/mol. The van der Waals surface area contributed by atoms with E-state index in [1.165, 1.54) is 19.3 Å². The van der Waals surface area contributed by atoms with Gasteiger partial charge in [-0.05, 0) is 12.8 Å². The van der Waals surface area contributed by atoms with E-state index in [9.17, 15) is 0 Å². The Labute approximate surface area is 122 Å². The first-order chi connectivity index (χ1) is 9.80. The van der Waals surface area contributed by atoms with Gasteiger partial charge < -0.3 is 14.8 Å². The second kappa shape index (κ2) is 10.4. The van der Waals surface area contributed by atoms with E-state index in [0.29, 0.717) is 24.9 Å². The van der Waals surface area contributed by atoms with Gasteiger partial charge in [-0.1, -0.05) is 33.1 Å². The maximum absolute atomic E-state index is 5.71. The minimum absolute atomic E-state index is 0.397. The molecule has 0 spiro atoms. The van der Waals surface area contributed by atoms with Gasteiger partial charge in [-0.2, -0.15) is 4.98 Å². The lowest BCUT2D eigenvalue weighted by atomic mass is 10.2. The number of aromatic nitrogens is 2. The van der Waals surface area contributed by atoms with Crippen molar-refractivity contribution in [3.63, 3.8) is 0 Å². The molecule has 0 radical (unpaired) electrons. The van der Waals surface area contributed by atoms with E-state index in [2.05, 4.69) is 29.1 Å². The van der Waals surface area contributed by atoms with E-state index < -0.39 is 0 Å². The number of nitrogens with zero attached hydrogens (tertiary/aromatic N) is 2. The van der Waals surface area contributed by atoms with E-state index in [1.54, 1.807) is 7.11 Å². The first-order valence-corrected chi connectivity index (χ1v) is 7.53. The molecule has 0 bridgehead atoms. The van der Waals surface area contributed by atoms with Gasteiger partial charge in [0, 0.05) is 19.7 Å². The van der Waals surface area contributed by atoms with Gasteiger partial charge in [-0.15, -0.1) is 0 Å². The topological polar surface area (TPSA) is 56.3 Å². The Morgan fingerprint density at radius 3 is 2.65 bits per heavy atom.